The van der Waals surface area contributed by atoms with Crippen molar-refractivity contribution in [3.05, 3.63) is 164 Å². The van der Waals surface area contributed by atoms with Crippen LogP contribution in [0.3, 0.4) is 0 Å². The van der Waals surface area contributed by atoms with Gasteiger partial charge in [-0.15, -0.1) is 0 Å². The molecular weight excluding hydrogens is 623 g/mol. The van der Waals surface area contributed by atoms with E-state index >= 15 is 4.57 Å². The summed E-state index contributed by atoms with van der Waals surface area (Å²) in [5.74, 6) is 2.73. The maximum absolute atomic E-state index is 15.5. The number of hydrogen-bond acceptors (Lipinski definition) is 4. The van der Waals surface area contributed by atoms with Gasteiger partial charge in [0, 0.05) is 37.7 Å². The van der Waals surface area contributed by atoms with Crippen molar-refractivity contribution in [2.75, 3.05) is 0 Å². The van der Waals surface area contributed by atoms with Gasteiger partial charge in [-0.3, -0.25) is 0 Å². The van der Waals surface area contributed by atoms with Crippen LogP contribution in [0.15, 0.2) is 168 Å². The van der Waals surface area contributed by atoms with Crippen molar-refractivity contribution in [2.24, 2.45) is 0 Å². The van der Waals surface area contributed by atoms with Gasteiger partial charge in [-0.2, -0.15) is 0 Å². The van der Waals surface area contributed by atoms with Crippen LogP contribution in [0.1, 0.15) is 0 Å². The zero-order valence-electron chi connectivity index (χ0n) is 26.2. The van der Waals surface area contributed by atoms with Gasteiger partial charge in [-0.25, -0.2) is 0 Å². The number of rotatable bonds is 4. The van der Waals surface area contributed by atoms with Crippen LogP contribution in [0.5, 0.6) is 23.0 Å². The molecule has 10 rings (SSSR count). The van der Waals surface area contributed by atoms with Gasteiger partial charge in [-0.05, 0) is 34.5 Å². The van der Waals surface area contributed by atoms with E-state index in [2.05, 4.69) is 60.7 Å². The zero-order valence-corrected chi connectivity index (χ0v) is 27.1. The summed E-state index contributed by atoms with van der Waals surface area (Å²) in [6, 6.07) is 54.1. The largest absolute Gasteiger partial charge is 0.455 e. The van der Waals surface area contributed by atoms with E-state index in [4.69, 9.17) is 13.9 Å². The third-order valence-electron chi connectivity index (χ3n) is 9.60. The summed E-state index contributed by atoms with van der Waals surface area (Å²) in [4.78, 5) is 0. The van der Waals surface area contributed by atoms with Crippen molar-refractivity contribution >= 4 is 66.5 Å². The minimum atomic E-state index is -3.30. The van der Waals surface area contributed by atoms with Crippen molar-refractivity contribution in [3.63, 3.8) is 0 Å². The SMILES string of the molecule is O=P(c1ccccc1)(c1ccccc1)c1cccc2c1oc1c(-c3cc4c(c5ccccc35)Oc3c(ccc5ccccc35)O4)cccc12. The fourth-order valence-electron chi connectivity index (χ4n) is 7.32. The predicted molar refractivity (Wildman–Crippen MR) is 200 cm³/mol. The summed E-state index contributed by atoms with van der Waals surface area (Å²) in [7, 11) is -3.30. The third-order valence-corrected chi connectivity index (χ3v) is 12.7. The molecule has 9 aromatic rings. The van der Waals surface area contributed by atoms with Gasteiger partial charge in [0.1, 0.15) is 11.2 Å². The van der Waals surface area contributed by atoms with Crippen LogP contribution < -0.4 is 25.4 Å². The number of ether oxygens (including phenoxy) is 2. The molecule has 49 heavy (non-hydrogen) atoms. The first kappa shape index (κ1) is 28.0. The molecule has 2 heterocycles. The fraction of sp³-hybridized carbons (Fsp3) is 0. The molecule has 0 amide bonds. The minimum absolute atomic E-state index is 0.628. The van der Waals surface area contributed by atoms with Crippen LogP contribution in [0, 0.1) is 0 Å². The standard InChI is InChI=1S/C44H27O4P/c45-49(29-14-3-1-4-15-29,30-16-5-2-6-17-30)40-24-12-23-35-34-21-11-22-36(41(34)47-44(35)40)37-27-39-43(33-20-10-9-19-32(33)37)48-42-31-18-8-7-13-28(31)25-26-38(42)46-39/h1-27H. The van der Waals surface area contributed by atoms with Crippen molar-refractivity contribution in [1.29, 1.82) is 0 Å². The van der Waals surface area contributed by atoms with Crippen LogP contribution in [-0.2, 0) is 4.57 Å². The molecule has 5 heteroatoms. The predicted octanol–water partition coefficient (Wildman–Crippen LogP) is 11.1. The van der Waals surface area contributed by atoms with E-state index < -0.39 is 7.14 Å². The Morgan fingerprint density at radius 3 is 1.76 bits per heavy atom. The average Bonchev–Trinajstić information content (AvgIpc) is 3.56. The van der Waals surface area contributed by atoms with E-state index in [1.165, 1.54) is 0 Å². The Morgan fingerprint density at radius 2 is 1.00 bits per heavy atom. The maximum Gasteiger partial charge on any atom is 0.178 e. The van der Waals surface area contributed by atoms with Gasteiger partial charge >= 0.3 is 0 Å². The van der Waals surface area contributed by atoms with Crippen molar-refractivity contribution in [2.45, 2.75) is 0 Å². The number of fused-ring (bicyclic) bond motifs is 9. The maximum atomic E-state index is 15.5. The molecule has 0 saturated carbocycles. The molecule has 0 fully saturated rings. The molecule has 0 radical (unpaired) electrons. The highest BCUT2D eigenvalue weighted by Gasteiger charge is 2.33. The molecule has 0 unspecified atom stereocenters. The number of hydrogen-bond donors (Lipinski definition) is 0. The summed E-state index contributed by atoms with van der Waals surface area (Å²) in [5, 5.41) is 8.14. The molecule has 232 valence electrons. The molecule has 0 bridgehead atoms. The molecule has 0 atom stereocenters. The van der Waals surface area contributed by atoms with Crippen molar-refractivity contribution < 1.29 is 18.5 Å². The van der Waals surface area contributed by atoms with Crippen LogP contribution >= 0.6 is 7.14 Å². The van der Waals surface area contributed by atoms with Crippen molar-refractivity contribution in [1.82, 2.24) is 0 Å². The van der Waals surface area contributed by atoms with Crippen LogP contribution in [0.25, 0.3) is 54.6 Å². The second kappa shape index (κ2) is 10.7. The highest BCUT2D eigenvalue weighted by Crippen LogP contribution is 2.54. The Hall–Kier alpha value is -6.09. The molecule has 0 aliphatic carbocycles. The summed E-state index contributed by atoms with van der Waals surface area (Å²) < 4.78 is 35.7. The normalized spacial score (nSPS) is 12.5. The lowest BCUT2D eigenvalue weighted by molar-refractivity contribution is 0.367. The van der Waals surface area contributed by atoms with E-state index in [1.54, 1.807) is 0 Å². The molecule has 8 aromatic carbocycles. The van der Waals surface area contributed by atoms with E-state index in [9.17, 15) is 0 Å². The monoisotopic (exact) mass is 650 g/mol. The Bertz CT molecular complexity index is 2760. The van der Waals surface area contributed by atoms with Gasteiger partial charge in [0.05, 0.1) is 5.30 Å². The fourth-order valence-corrected chi connectivity index (χ4v) is 10.1. The molecule has 4 nitrogen and oxygen atoms in total. The first-order valence-electron chi connectivity index (χ1n) is 16.3. The van der Waals surface area contributed by atoms with E-state index in [1.807, 2.05) is 103 Å². The Kier molecular flexibility index (Phi) is 6.12. The van der Waals surface area contributed by atoms with Gasteiger partial charge < -0.3 is 18.5 Å². The summed E-state index contributed by atoms with van der Waals surface area (Å²) in [6.45, 7) is 0. The summed E-state index contributed by atoms with van der Waals surface area (Å²) in [6.07, 6.45) is 0. The van der Waals surface area contributed by atoms with Crippen LogP contribution in [0.2, 0.25) is 0 Å². The molecule has 1 aliphatic rings. The third kappa shape index (κ3) is 4.14. The van der Waals surface area contributed by atoms with Crippen molar-refractivity contribution in [3.8, 4) is 34.1 Å². The van der Waals surface area contributed by atoms with E-state index in [0.717, 1.165) is 65.4 Å². The second-order valence-corrected chi connectivity index (χ2v) is 15.1. The molecule has 1 aliphatic heterocycles. The number of para-hydroxylation sites is 2. The highest BCUT2D eigenvalue weighted by molar-refractivity contribution is 7.85. The van der Waals surface area contributed by atoms with Gasteiger partial charge in [0.25, 0.3) is 0 Å². The summed E-state index contributed by atoms with van der Waals surface area (Å²) in [5.41, 5.74) is 3.23. The molecule has 0 N–H and O–H groups in total. The Balaban J connectivity index is 1.21. The molecule has 1 aromatic heterocycles. The average molecular weight is 651 g/mol. The Labute approximate surface area is 282 Å². The van der Waals surface area contributed by atoms with Gasteiger partial charge in [-0.1, -0.05) is 146 Å². The minimum Gasteiger partial charge on any atom is -0.455 e. The number of furan rings is 1. The van der Waals surface area contributed by atoms with Gasteiger partial charge in [0.15, 0.2) is 30.1 Å². The Morgan fingerprint density at radius 1 is 0.408 bits per heavy atom. The van der Waals surface area contributed by atoms with E-state index in [-0.39, 0.29) is 0 Å². The smallest absolute Gasteiger partial charge is 0.178 e. The summed E-state index contributed by atoms with van der Waals surface area (Å²) >= 11 is 0. The lowest BCUT2D eigenvalue weighted by atomic mass is 9.95. The lowest BCUT2D eigenvalue weighted by Crippen LogP contribution is -2.25. The number of benzene rings is 8. The molecule has 0 saturated heterocycles. The first-order chi connectivity index (χ1) is 24.2. The second-order valence-electron chi connectivity index (χ2n) is 12.3. The zero-order chi connectivity index (χ0) is 32.5. The van der Waals surface area contributed by atoms with Crippen LogP contribution in [0.4, 0.5) is 0 Å². The lowest BCUT2D eigenvalue weighted by Gasteiger charge is -2.24. The van der Waals surface area contributed by atoms with Crippen LogP contribution in [-0.4, -0.2) is 0 Å². The van der Waals surface area contributed by atoms with E-state index in [0.29, 0.717) is 28.1 Å². The highest BCUT2D eigenvalue weighted by atomic mass is 31.2. The topological polar surface area (TPSA) is 48.7 Å². The molecular formula is C44H27O4P. The quantitative estimate of drug-likeness (QED) is 0.178. The van der Waals surface area contributed by atoms with Gasteiger partial charge in [0.2, 0.25) is 0 Å². The molecule has 0 spiro atoms. The first-order valence-corrected chi connectivity index (χ1v) is 18.0.